The summed E-state index contributed by atoms with van der Waals surface area (Å²) in [6, 6.07) is 13.8. The first-order valence-electron chi connectivity index (χ1n) is 13.7. The van der Waals surface area contributed by atoms with Gasteiger partial charge in [0.05, 0.1) is 36.6 Å². The Bertz CT molecular complexity index is 1420. The molecule has 1 aromatic heterocycles. The molecular weight excluding hydrogens is 524 g/mol. The number of nitrogens with zero attached hydrogens (tertiary/aromatic N) is 4. The number of ether oxygens (including phenoxy) is 2. The van der Waals surface area contributed by atoms with Crippen LogP contribution in [0.4, 0.5) is 5.82 Å². The van der Waals surface area contributed by atoms with E-state index >= 15 is 0 Å². The van der Waals surface area contributed by atoms with E-state index in [4.69, 9.17) is 14.6 Å². The number of carbonyl (C=O) groups is 2. The fourth-order valence-electron chi connectivity index (χ4n) is 5.50. The smallest absolute Gasteiger partial charge is 0.242 e. The summed E-state index contributed by atoms with van der Waals surface area (Å²) in [7, 11) is 3.30. The van der Waals surface area contributed by atoms with E-state index in [2.05, 4.69) is 26.8 Å². The number of likely N-dealkylation sites (tertiary alicyclic amines) is 1. The number of hydrogen-bond acceptors (Lipinski definition) is 6. The molecule has 0 saturated carbocycles. The average molecular weight is 563 g/mol. The molecule has 1 atom stereocenters. The summed E-state index contributed by atoms with van der Waals surface area (Å²) in [5.74, 6) is 2.13. The van der Waals surface area contributed by atoms with Gasteiger partial charge in [-0.1, -0.05) is 32.9 Å². The molecule has 2 amide bonds. The molecule has 2 aliphatic heterocycles. The van der Waals surface area contributed by atoms with Crippen LogP contribution in [0.1, 0.15) is 61.2 Å². The molecule has 40 heavy (non-hydrogen) atoms. The molecule has 212 valence electrons. The molecule has 0 bridgehead atoms. The van der Waals surface area contributed by atoms with E-state index in [0.717, 1.165) is 54.0 Å². The number of aryl methyl sites for hydroxylation is 1. The van der Waals surface area contributed by atoms with Crippen LogP contribution in [0.25, 0.3) is 5.69 Å². The maximum Gasteiger partial charge on any atom is 0.242 e. The number of rotatable bonds is 6. The van der Waals surface area contributed by atoms with Gasteiger partial charge in [0.15, 0.2) is 0 Å². The minimum absolute atomic E-state index is 0.0184. The summed E-state index contributed by atoms with van der Waals surface area (Å²) < 4.78 is 13.3. The normalized spacial score (nSPS) is 17.6. The molecule has 1 fully saturated rings. The van der Waals surface area contributed by atoms with Gasteiger partial charge in [-0.25, -0.2) is 4.68 Å². The lowest BCUT2D eigenvalue weighted by atomic mass is 9.87. The first-order valence-corrected chi connectivity index (χ1v) is 14.8. The molecule has 2 aliphatic rings. The zero-order chi connectivity index (χ0) is 28.6. The molecule has 9 heteroatoms. The Morgan fingerprint density at radius 2 is 1.82 bits per heavy atom. The Kier molecular flexibility index (Phi) is 7.86. The van der Waals surface area contributed by atoms with Crippen molar-refractivity contribution < 1.29 is 19.1 Å². The lowest BCUT2D eigenvalue weighted by Gasteiger charge is -2.26. The van der Waals surface area contributed by atoms with E-state index in [0.29, 0.717) is 17.3 Å². The van der Waals surface area contributed by atoms with Gasteiger partial charge in [-0.15, -0.1) is 11.8 Å². The summed E-state index contributed by atoms with van der Waals surface area (Å²) in [5.41, 5.74) is 4.29. The van der Waals surface area contributed by atoms with E-state index in [9.17, 15) is 9.59 Å². The number of aromatic nitrogens is 2. The first kappa shape index (κ1) is 28.1. The Morgan fingerprint density at radius 3 is 2.48 bits per heavy atom. The number of fused-ring (bicyclic) bond motifs is 1. The quantitative estimate of drug-likeness (QED) is 0.407. The van der Waals surface area contributed by atoms with Crippen LogP contribution in [0.3, 0.4) is 0 Å². The third-order valence-corrected chi connectivity index (χ3v) is 8.75. The first-order chi connectivity index (χ1) is 19.1. The summed E-state index contributed by atoms with van der Waals surface area (Å²) in [4.78, 5) is 30.9. The van der Waals surface area contributed by atoms with Crippen molar-refractivity contribution in [3.8, 4) is 17.2 Å². The average Bonchev–Trinajstić information content (AvgIpc) is 3.58. The molecule has 2 aromatic carbocycles. The zero-order valence-electron chi connectivity index (χ0n) is 24.2. The fraction of sp³-hybridized carbons (Fsp3) is 0.452. The van der Waals surface area contributed by atoms with Crippen molar-refractivity contribution in [3.63, 3.8) is 0 Å². The largest absolute Gasteiger partial charge is 0.497 e. The second kappa shape index (κ2) is 11.2. The number of anilines is 1. The summed E-state index contributed by atoms with van der Waals surface area (Å²) >= 11 is 1.54. The fourth-order valence-corrected chi connectivity index (χ4v) is 6.72. The SMILES string of the molecule is COc1ccc(OC)c([C@@H]2SCC(=O)N(CC(=O)N3CCCC3)c3c2c(C(C)(C)C)nn3-c2cccc(C)c2)c1. The standard InChI is InChI=1S/C31H38N4O4S/c1-20-10-9-11-21(16-20)35-30-27(29(32-35)31(2,3)4)28(23-17-22(38-5)12-13-24(23)39-6)40-19-26(37)34(30)18-25(36)33-14-7-8-15-33/h9-13,16-17,28H,7-8,14-15,18-19H2,1-6H3/t28-/m0/s1. The van der Waals surface area contributed by atoms with Gasteiger partial charge < -0.3 is 14.4 Å². The highest BCUT2D eigenvalue weighted by molar-refractivity contribution is 8.00. The van der Waals surface area contributed by atoms with Crippen LogP contribution in [-0.2, 0) is 15.0 Å². The highest BCUT2D eigenvalue weighted by Gasteiger charge is 2.41. The third-order valence-electron chi connectivity index (χ3n) is 7.52. The summed E-state index contributed by atoms with van der Waals surface area (Å²) in [6.45, 7) is 9.88. The Morgan fingerprint density at radius 1 is 1.07 bits per heavy atom. The molecule has 0 N–H and O–H groups in total. The number of methoxy groups -OCH3 is 2. The molecule has 0 unspecified atom stereocenters. The molecule has 1 saturated heterocycles. The second-order valence-electron chi connectivity index (χ2n) is 11.5. The van der Waals surface area contributed by atoms with Crippen LogP contribution in [0.2, 0.25) is 0 Å². The highest BCUT2D eigenvalue weighted by Crippen LogP contribution is 2.51. The molecule has 8 nitrogen and oxygen atoms in total. The molecule has 3 heterocycles. The number of carbonyl (C=O) groups excluding carboxylic acids is 2. The maximum absolute atomic E-state index is 13.9. The Labute approximate surface area is 240 Å². The van der Waals surface area contributed by atoms with Crippen LogP contribution < -0.4 is 14.4 Å². The van der Waals surface area contributed by atoms with Gasteiger partial charge >= 0.3 is 0 Å². The van der Waals surface area contributed by atoms with Crippen molar-refractivity contribution in [3.05, 3.63) is 64.8 Å². The number of hydrogen-bond donors (Lipinski definition) is 0. The van der Waals surface area contributed by atoms with Crippen molar-refractivity contribution in [2.45, 2.75) is 51.2 Å². The lowest BCUT2D eigenvalue weighted by molar-refractivity contribution is -0.130. The minimum Gasteiger partial charge on any atom is -0.497 e. The monoisotopic (exact) mass is 562 g/mol. The van der Waals surface area contributed by atoms with Gasteiger partial charge in [-0.3, -0.25) is 14.5 Å². The van der Waals surface area contributed by atoms with Gasteiger partial charge in [0.25, 0.3) is 0 Å². The second-order valence-corrected chi connectivity index (χ2v) is 12.5. The van der Waals surface area contributed by atoms with Crippen molar-refractivity contribution >= 4 is 29.4 Å². The van der Waals surface area contributed by atoms with Gasteiger partial charge in [0.2, 0.25) is 11.8 Å². The van der Waals surface area contributed by atoms with Crippen LogP contribution in [-0.4, -0.2) is 66.1 Å². The maximum atomic E-state index is 13.9. The molecule has 0 spiro atoms. The molecular formula is C31H38N4O4S. The number of amides is 2. The summed E-state index contributed by atoms with van der Waals surface area (Å²) in [6.07, 6.45) is 1.99. The van der Waals surface area contributed by atoms with E-state index in [1.54, 1.807) is 19.1 Å². The van der Waals surface area contributed by atoms with Crippen LogP contribution in [0, 0.1) is 6.92 Å². The zero-order valence-corrected chi connectivity index (χ0v) is 25.0. The number of benzene rings is 2. The molecule has 0 aliphatic carbocycles. The van der Waals surface area contributed by atoms with Crippen molar-refractivity contribution in [1.29, 1.82) is 0 Å². The van der Waals surface area contributed by atoms with Crippen molar-refractivity contribution in [2.24, 2.45) is 0 Å². The van der Waals surface area contributed by atoms with Gasteiger partial charge in [-0.2, -0.15) is 5.10 Å². The summed E-state index contributed by atoms with van der Waals surface area (Å²) in [5, 5.41) is 4.92. The topological polar surface area (TPSA) is 76.9 Å². The van der Waals surface area contributed by atoms with E-state index in [1.165, 1.54) is 11.8 Å². The van der Waals surface area contributed by atoms with Crippen molar-refractivity contribution in [2.75, 3.05) is 44.5 Å². The molecule has 0 radical (unpaired) electrons. The van der Waals surface area contributed by atoms with Gasteiger partial charge in [0.1, 0.15) is 23.9 Å². The van der Waals surface area contributed by atoms with Crippen LogP contribution >= 0.6 is 11.8 Å². The molecule has 5 rings (SSSR count). The van der Waals surface area contributed by atoms with E-state index < -0.39 is 0 Å². The van der Waals surface area contributed by atoms with E-state index in [-0.39, 0.29) is 34.8 Å². The predicted octanol–water partition coefficient (Wildman–Crippen LogP) is 5.29. The predicted molar refractivity (Wildman–Crippen MR) is 159 cm³/mol. The van der Waals surface area contributed by atoms with Crippen LogP contribution in [0.5, 0.6) is 11.5 Å². The lowest BCUT2D eigenvalue weighted by Crippen LogP contribution is -2.43. The molecule has 3 aromatic rings. The third kappa shape index (κ3) is 5.31. The highest BCUT2D eigenvalue weighted by atomic mass is 32.2. The van der Waals surface area contributed by atoms with Crippen LogP contribution in [0.15, 0.2) is 42.5 Å². The van der Waals surface area contributed by atoms with E-state index in [1.807, 2.05) is 52.9 Å². The Hall–Kier alpha value is -3.46. The van der Waals surface area contributed by atoms with Crippen molar-refractivity contribution in [1.82, 2.24) is 14.7 Å². The minimum atomic E-state index is -0.345. The Balaban J connectivity index is 1.79. The number of thioether (sulfide) groups is 1. The van der Waals surface area contributed by atoms with Gasteiger partial charge in [-0.05, 0) is 55.7 Å². The van der Waals surface area contributed by atoms with Gasteiger partial charge in [0, 0.05) is 29.6 Å².